The highest BCUT2D eigenvalue weighted by atomic mass is 35.5. The number of halogens is 2. The first kappa shape index (κ1) is 20.9. The van der Waals surface area contributed by atoms with Gasteiger partial charge in [0.25, 0.3) is 0 Å². The Hall–Kier alpha value is -1.14. The third-order valence-corrected chi connectivity index (χ3v) is 4.72. The molecular weight excluding hydrogens is 365 g/mol. The van der Waals surface area contributed by atoms with Gasteiger partial charge in [0, 0.05) is 31.4 Å². The van der Waals surface area contributed by atoms with Crippen molar-refractivity contribution in [2.75, 3.05) is 0 Å². The van der Waals surface area contributed by atoms with Gasteiger partial charge in [0.15, 0.2) is 0 Å². The molecule has 0 fully saturated rings. The molecule has 2 N–H and O–H groups in total. The van der Waals surface area contributed by atoms with Gasteiger partial charge in [0.05, 0.1) is 10.7 Å². The zero-order valence-corrected chi connectivity index (χ0v) is 16.1. The van der Waals surface area contributed by atoms with E-state index in [4.69, 9.17) is 0 Å². The van der Waals surface area contributed by atoms with Crippen LogP contribution >= 0.6 is 36.2 Å². The Balaban J connectivity index is 0.00000144. The first-order valence-electron chi connectivity index (χ1n) is 7.70. The molecule has 0 atom stereocenters. The van der Waals surface area contributed by atoms with Crippen molar-refractivity contribution < 1.29 is 4.79 Å². The van der Waals surface area contributed by atoms with Crippen LogP contribution < -0.4 is 10.6 Å². The van der Waals surface area contributed by atoms with Gasteiger partial charge in [-0.2, -0.15) is 0 Å². The molecule has 1 amide bonds. The third-order valence-electron chi connectivity index (χ3n) is 3.89. The molecule has 1 aromatic heterocycles. The molecule has 0 bridgehead atoms. The molecule has 0 spiro atoms. The highest BCUT2D eigenvalue weighted by Gasteiger charge is 2.10. The van der Waals surface area contributed by atoms with Gasteiger partial charge in [-0.15, -0.1) is 36.2 Å². The van der Waals surface area contributed by atoms with E-state index in [1.165, 1.54) is 16.7 Å². The molecule has 2 heterocycles. The van der Waals surface area contributed by atoms with Gasteiger partial charge in [-0.25, -0.2) is 4.98 Å². The van der Waals surface area contributed by atoms with Crippen molar-refractivity contribution >= 4 is 42.1 Å². The molecule has 3 rings (SSSR count). The van der Waals surface area contributed by atoms with E-state index >= 15 is 0 Å². The van der Waals surface area contributed by atoms with Crippen molar-refractivity contribution in [3.8, 4) is 0 Å². The highest BCUT2D eigenvalue weighted by Crippen LogP contribution is 2.17. The number of nitrogens with zero attached hydrogens (tertiary/aromatic N) is 1. The van der Waals surface area contributed by atoms with Crippen LogP contribution in [0.25, 0.3) is 0 Å². The number of rotatable bonds is 6. The van der Waals surface area contributed by atoms with Crippen LogP contribution in [0.15, 0.2) is 23.6 Å². The predicted molar refractivity (Wildman–Crippen MR) is 103 cm³/mol. The zero-order chi connectivity index (χ0) is 15.4. The van der Waals surface area contributed by atoms with Crippen LogP contribution in [0.2, 0.25) is 0 Å². The fourth-order valence-electron chi connectivity index (χ4n) is 2.70. The number of fused-ring (bicyclic) bond motifs is 1. The van der Waals surface area contributed by atoms with E-state index in [0.29, 0.717) is 13.0 Å². The quantitative estimate of drug-likeness (QED) is 0.796. The van der Waals surface area contributed by atoms with E-state index in [2.05, 4.69) is 39.2 Å². The summed E-state index contributed by atoms with van der Waals surface area (Å²) in [5.74, 6) is 0.116. The minimum absolute atomic E-state index is 0. The van der Waals surface area contributed by atoms with Gasteiger partial charge in [0.1, 0.15) is 0 Å². The Kier molecular flexibility index (Phi) is 8.70. The van der Waals surface area contributed by atoms with Gasteiger partial charge in [-0.1, -0.05) is 18.2 Å². The molecule has 0 unspecified atom stereocenters. The molecule has 0 saturated heterocycles. The molecule has 0 radical (unpaired) electrons. The van der Waals surface area contributed by atoms with Crippen LogP contribution in [0.5, 0.6) is 0 Å². The first-order chi connectivity index (χ1) is 10.7. The summed E-state index contributed by atoms with van der Waals surface area (Å²) in [5.41, 5.74) is 4.99. The predicted octanol–water partition coefficient (Wildman–Crippen LogP) is 3.54. The molecule has 1 aliphatic heterocycles. The van der Waals surface area contributed by atoms with Crippen LogP contribution in [0.4, 0.5) is 0 Å². The Labute approximate surface area is 159 Å². The lowest BCUT2D eigenvalue weighted by Crippen LogP contribution is -2.22. The fraction of sp³-hybridized carbons (Fsp3) is 0.412. The second-order valence-electron chi connectivity index (χ2n) is 5.69. The molecule has 1 aliphatic rings. The monoisotopic (exact) mass is 387 g/mol. The second-order valence-corrected chi connectivity index (χ2v) is 6.76. The van der Waals surface area contributed by atoms with E-state index in [1.54, 1.807) is 11.3 Å². The van der Waals surface area contributed by atoms with E-state index in [-0.39, 0.29) is 30.7 Å². The number of hydrogen-bond acceptors (Lipinski definition) is 4. The number of hydrogen-bond donors (Lipinski definition) is 2. The molecule has 4 nitrogen and oxygen atoms in total. The van der Waals surface area contributed by atoms with E-state index < -0.39 is 0 Å². The van der Waals surface area contributed by atoms with Gasteiger partial charge < -0.3 is 10.6 Å². The molecule has 24 heavy (non-hydrogen) atoms. The summed E-state index contributed by atoms with van der Waals surface area (Å²) < 4.78 is 0. The number of aromatic nitrogens is 1. The summed E-state index contributed by atoms with van der Waals surface area (Å²) in [6, 6.07) is 6.44. The van der Waals surface area contributed by atoms with E-state index in [1.807, 2.05) is 6.92 Å². The first-order valence-corrected chi connectivity index (χ1v) is 8.58. The molecule has 2 aromatic rings. The van der Waals surface area contributed by atoms with Gasteiger partial charge in [0.2, 0.25) is 5.91 Å². The van der Waals surface area contributed by atoms with Crippen LogP contribution in [0.1, 0.15) is 40.2 Å². The molecule has 1 aromatic carbocycles. The van der Waals surface area contributed by atoms with Crippen molar-refractivity contribution in [2.24, 2.45) is 0 Å². The average Bonchev–Trinajstić information content (AvgIpc) is 3.13. The van der Waals surface area contributed by atoms with Crippen LogP contribution in [-0.2, 0) is 30.8 Å². The van der Waals surface area contributed by atoms with Gasteiger partial charge in [-0.3, -0.25) is 4.79 Å². The lowest BCUT2D eigenvalue weighted by Gasteiger charge is -2.07. The SMILES string of the molecule is Cc1nc(CCCC(=O)NCc2ccc3c(c2)CNC3)cs1.Cl.Cl. The highest BCUT2D eigenvalue weighted by molar-refractivity contribution is 7.09. The maximum Gasteiger partial charge on any atom is 0.220 e. The number of nitrogens with one attached hydrogen (secondary N) is 2. The Morgan fingerprint density at radius 1 is 1.29 bits per heavy atom. The van der Waals surface area contributed by atoms with Gasteiger partial charge in [-0.05, 0) is 36.5 Å². The molecule has 0 saturated carbocycles. The Morgan fingerprint density at radius 3 is 2.83 bits per heavy atom. The number of carbonyl (C=O) groups excluding carboxylic acids is 1. The number of aryl methyl sites for hydroxylation is 2. The number of amides is 1. The van der Waals surface area contributed by atoms with E-state index in [9.17, 15) is 4.79 Å². The minimum Gasteiger partial charge on any atom is -0.352 e. The molecule has 132 valence electrons. The summed E-state index contributed by atoms with van der Waals surface area (Å²) in [5, 5.41) is 9.50. The average molecular weight is 388 g/mol. The Morgan fingerprint density at radius 2 is 2.08 bits per heavy atom. The standard InChI is InChI=1S/C17H21N3OS.2ClH/c1-12-20-16(11-22-12)3-2-4-17(21)19-8-13-5-6-14-9-18-10-15(14)7-13;;/h5-7,11,18H,2-4,8-10H2,1H3,(H,19,21);2*1H. The lowest BCUT2D eigenvalue weighted by atomic mass is 10.1. The summed E-state index contributed by atoms with van der Waals surface area (Å²) in [6.07, 6.45) is 2.29. The Bertz CT molecular complexity index is 676. The van der Waals surface area contributed by atoms with Gasteiger partial charge >= 0.3 is 0 Å². The van der Waals surface area contributed by atoms with Crippen LogP contribution in [0.3, 0.4) is 0 Å². The largest absolute Gasteiger partial charge is 0.352 e. The van der Waals surface area contributed by atoms with Crippen molar-refractivity contribution in [1.29, 1.82) is 0 Å². The van der Waals surface area contributed by atoms with Crippen molar-refractivity contribution in [3.63, 3.8) is 0 Å². The van der Waals surface area contributed by atoms with Crippen LogP contribution in [0, 0.1) is 6.92 Å². The minimum atomic E-state index is 0. The van der Waals surface area contributed by atoms with Crippen molar-refractivity contribution in [3.05, 3.63) is 51.0 Å². The maximum atomic E-state index is 11.9. The molecule has 0 aliphatic carbocycles. The third kappa shape index (κ3) is 5.74. The molecular formula is C17H23Cl2N3OS. The zero-order valence-electron chi connectivity index (χ0n) is 13.6. The number of thiazole rings is 1. The smallest absolute Gasteiger partial charge is 0.220 e. The number of benzene rings is 1. The summed E-state index contributed by atoms with van der Waals surface area (Å²) >= 11 is 1.66. The van der Waals surface area contributed by atoms with Crippen LogP contribution in [-0.4, -0.2) is 10.9 Å². The maximum absolute atomic E-state index is 11.9. The second kappa shape index (κ2) is 9.99. The van der Waals surface area contributed by atoms with E-state index in [0.717, 1.165) is 36.6 Å². The summed E-state index contributed by atoms with van der Waals surface area (Å²) in [4.78, 5) is 16.3. The van der Waals surface area contributed by atoms with Crippen molar-refractivity contribution in [2.45, 2.75) is 45.8 Å². The fourth-order valence-corrected chi connectivity index (χ4v) is 3.35. The summed E-state index contributed by atoms with van der Waals surface area (Å²) in [7, 11) is 0. The normalized spacial score (nSPS) is 12.0. The number of carbonyl (C=O) groups is 1. The molecule has 7 heteroatoms. The van der Waals surface area contributed by atoms with Crippen molar-refractivity contribution in [1.82, 2.24) is 15.6 Å². The topological polar surface area (TPSA) is 54.0 Å². The lowest BCUT2D eigenvalue weighted by molar-refractivity contribution is -0.121. The summed E-state index contributed by atoms with van der Waals surface area (Å²) in [6.45, 7) is 4.51.